The highest BCUT2D eigenvalue weighted by Gasteiger charge is 2.44. The van der Waals surface area contributed by atoms with Crippen LogP contribution in [0.1, 0.15) is 162 Å². The number of hydrogen-bond acceptors (Lipinski definition) is 10. The molecule has 0 aliphatic carbocycles. The van der Waals surface area contributed by atoms with Crippen molar-refractivity contribution in [2.45, 2.75) is 198 Å². The zero-order valence-corrected chi connectivity index (χ0v) is 33.7. The van der Waals surface area contributed by atoms with E-state index in [0.717, 1.165) is 70.6 Å². The predicted molar refractivity (Wildman–Crippen MR) is 215 cm³/mol. The van der Waals surface area contributed by atoms with Crippen LogP contribution < -0.4 is 0 Å². The number of rotatable bonds is 34. The normalized spacial score (nSPS) is 21.2. The van der Waals surface area contributed by atoms with Gasteiger partial charge in [-0.25, -0.2) is 0 Å². The second-order valence-electron chi connectivity index (χ2n) is 14.4. The fourth-order valence-electron chi connectivity index (χ4n) is 6.08. The highest BCUT2D eigenvalue weighted by Crippen LogP contribution is 2.22. The van der Waals surface area contributed by atoms with Crippen molar-refractivity contribution in [3.63, 3.8) is 0 Å². The van der Waals surface area contributed by atoms with E-state index in [9.17, 15) is 30.0 Å². The molecule has 0 amide bonds. The third-order valence-electron chi connectivity index (χ3n) is 9.45. The number of hydrogen-bond donors (Lipinski definition) is 4. The van der Waals surface area contributed by atoms with Gasteiger partial charge in [-0.05, 0) is 70.6 Å². The lowest BCUT2D eigenvalue weighted by Crippen LogP contribution is -2.59. The molecule has 0 bridgehead atoms. The van der Waals surface area contributed by atoms with Gasteiger partial charge in [-0.1, -0.05) is 127 Å². The van der Waals surface area contributed by atoms with Crippen molar-refractivity contribution in [1.29, 1.82) is 0 Å². The zero-order chi connectivity index (χ0) is 39.5. The molecule has 1 rings (SSSR count). The molecule has 0 radical (unpaired) electrons. The van der Waals surface area contributed by atoms with Crippen molar-refractivity contribution in [2.24, 2.45) is 0 Å². The molecule has 54 heavy (non-hydrogen) atoms. The van der Waals surface area contributed by atoms with Crippen molar-refractivity contribution in [3.05, 3.63) is 48.6 Å². The number of carbonyl (C=O) groups excluding carboxylic acids is 2. The Labute approximate surface area is 327 Å². The Hall–Kier alpha value is -2.34. The Morgan fingerprint density at radius 1 is 0.593 bits per heavy atom. The maximum atomic E-state index is 12.7. The molecule has 0 saturated carbocycles. The Kier molecular flexibility index (Phi) is 32.3. The van der Waals surface area contributed by atoms with Crippen LogP contribution in [0.15, 0.2) is 48.6 Å². The monoisotopic (exact) mass is 765 g/mol. The van der Waals surface area contributed by atoms with Gasteiger partial charge in [-0.2, -0.15) is 0 Å². The molecule has 1 saturated heterocycles. The summed E-state index contributed by atoms with van der Waals surface area (Å²) in [5.74, 6) is -0.854. The highest BCUT2D eigenvalue weighted by molar-refractivity contribution is 5.70. The molecule has 10 nitrogen and oxygen atoms in total. The molecule has 0 aromatic carbocycles. The van der Waals surface area contributed by atoms with Gasteiger partial charge < -0.3 is 39.4 Å². The van der Waals surface area contributed by atoms with Crippen LogP contribution in [0.2, 0.25) is 0 Å². The summed E-state index contributed by atoms with van der Waals surface area (Å²) in [6.07, 6.45) is 32.6. The first-order valence-electron chi connectivity index (χ1n) is 21.2. The van der Waals surface area contributed by atoms with Crippen LogP contribution in [0.5, 0.6) is 0 Å². The number of aliphatic hydroxyl groups is 4. The van der Waals surface area contributed by atoms with Gasteiger partial charge in [0.2, 0.25) is 0 Å². The molecule has 1 heterocycles. The first-order chi connectivity index (χ1) is 26.3. The number of aliphatic hydroxyl groups excluding tert-OH is 4. The van der Waals surface area contributed by atoms with Gasteiger partial charge in [0.25, 0.3) is 0 Å². The van der Waals surface area contributed by atoms with Crippen molar-refractivity contribution >= 4 is 11.9 Å². The molecule has 1 aliphatic rings. The van der Waals surface area contributed by atoms with Gasteiger partial charge in [-0.15, -0.1) is 0 Å². The van der Waals surface area contributed by atoms with Crippen LogP contribution in [0.4, 0.5) is 0 Å². The van der Waals surface area contributed by atoms with Gasteiger partial charge in [0.1, 0.15) is 31.0 Å². The standard InChI is InChI=1S/C44H76O10/c1-3-5-7-9-11-13-15-17-18-19-21-22-24-26-28-30-32-39(46)51-35-37(36-52-44-43(50)42(49)41(48)38(34-45)54-44)53-40(47)33-31-29-27-25-23-20-16-14-12-10-8-6-4-2/h6,8,12,14,18-20,23,37-38,41-45,48-50H,3-5,7,9-11,13,15-17,21-22,24-36H2,1-2H3/b8-6-,14-12-,19-18-,23-20-. The lowest BCUT2D eigenvalue weighted by atomic mass is 9.99. The Morgan fingerprint density at radius 2 is 1.09 bits per heavy atom. The molecular weight excluding hydrogens is 688 g/mol. The van der Waals surface area contributed by atoms with Crippen LogP contribution in [-0.4, -0.2) is 89.0 Å². The molecule has 6 unspecified atom stereocenters. The van der Waals surface area contributed by atoms with Gasteiger partial charge in [0.05, 0.1) is 13.2 Å². The van der Waals surface area contributed by atoms with Gasteiger partial charge in [0, 0.05) is 12.8 Å². The van der Waals surface area contributed by atoms with Crippen LogP contribution in [0, 0.1) is 0 Å². The smallest absolute Gasteiger partial charge is 0.306 e. The van der Waals surface area contributed by atoms with E-state index in [0.29, 0.717) is 12.8 Å². The first kappa shape index (κ1) is 49.7. The molecule has 1 aliphatic heterocycles. The molecule has 0 spiro atoms. The Morgan fingerprint density at radius 3 is 1.69 bits per heavy atom. The summed E-state index contributed by atoms with van der Waals surface area (Å²) >= 11 is 0. The molecule has 6 atom stereocenters. The molecule has 10 heteroatoms. The fourth-order valence-corrected chi connectivity index (χ4v) is 6.08. The summed E-state index contributed by atoms with van der Waals surface area (Å²) in [7, 11) is 0. The van der Waals surface area contributed by atoms with Gasteiger partial charge in [-0.3, -0.25) is 9.59 Å². The van der Waals surface area contributed by atoms with Crippen molar-refractivity contribution < 1.29 is 49.0 Å². The van der Waals surface area contributed by atoms with E-state index in [4.69, 9.17) is 18.9 Å². The second kappa shape index (κ2) is 35.1. The van der Waals surface area contributed by atoms with E-state index < -0.39 is 55.4 Å². The molecular formula is C44H76O10. The molecule has 4 N–H and O–H groups in total. The summed E-state index contributed by atoms with van der Waals surface area (Å²) in [4.78, 5) is 25.2. The first-order valence-corrected chi connectivity index (χ1v) is 21.2. The fraction of sp³-hybridized carbons (Fsp3) is 0.773. The zero-order valence-electron chi connectivity index (χ0n) is 33.7. The van der Waals surface area contributed by atoms with Crippen LogP contribution in [0.25, 0.3) is 0 Å². The third kappa shape index (κ3) is 26.5. The van der Waals surface area contributed by atoms with Crippen molar-refractivity contribution in [1.82, 2.24) is 0 Å². The number of unbranched alkanes of at least 4 members (excludes halogenated alkanes) is 15. The number of allylic oxidation sites excluding steroid dienone is 8. The van der Waals surface area contributed by atoms with E-state index in [1.807, 2.05) is 0 Å². The maximum absolute atomic E-state index is 12.7. The van der Waals surface area contributed by atoms with E-state index in [2.05, 4.69) is 62.5 Å². The van der Waals surface area contributed by atoms with Crippen LogP contribution in [-0.2, 0) is 28.5 Å². The summed E-state index contributed by atoms with van der Waals surface area (Å²) in [6.45, 7) is 3.25. The molecule has 0 aromatic rings. The number of carbonyl (C=O) groups is 2. The predicted octanol–water partition coefficient (Wildman–Crippen LogP) is 8.49. The van der Waals surface area contributed by atoms with Gasteiger partial charge in [0.15, 0.2) is 12.4 Å². The number of ether oxygens (including phenoxy) is 4. The largest absolute Gasteiger partial charge is 0.462 e. The highest BCUT2D eigenvalue weighted by atomic mass is 16.7. The maximum Gasteiger partial charge on any atom is 0.306 e. The minimum absolute atomic E-state index is 0.192. The van der Waals surface area contributed by atoms with E-state index in [-0.39, 0.29) is 26.1 Å². The summed E-state index contributed by atoms with van der Waals surface area (Å²) in [5.41, 5.74) is 0. The molecule has 0 aromatic heterocycles. The quantitative estimate of drug-likeness (QED) is 0.0285. The lowest BCUT2D eigenvalue weighted by molar-refractivity contribution is -0.305. The summed E-state index contributed by atoms with van der Waals surface area (Å²) < 4.78 is 22.1. The minimum atomic E-state index is -1.60. The van der Waals surface area contributed by atoms with Crippen molar-refractivity contribution in [2.75, 3.05) is 19.8 Å². The SMILES string of the molecule is CC/C=C\C/C=C\C/C=C\CCCCCC(=O)OC(COC(=O)CCCCCCC/C=C\CCCCCCCCC)COC1OC(CO)C(O)C(O)C1O. The Bertz CT molecular complexity index is 1020. The van der Waals surface area contributed by atoms with E-state index in [1.54, 1.807) is 0 Å². The van der Waals surface area contributed by atoms with Crippen molar-refractivity contribution in [3.8, 4) is 0 Å². The minimum Gasteiger partial charge on any atom is -0.462 e. The Balaban J connectivity index is 2.38. The number of esters is 2. The second-order valence-corrected chi connectivity index (χ2v) is 14.4. The lowest BCUT2D eigenvalue weighted by Gasteiger charge is -2.39. The molecule has 312 valence electrons. The average Bonchev–Trinajstić information content (AvgIpc) is 3.17. The average molecular weight is 765 g/mol. The van der Waals surface area contributed by atoms with E-state index in [1.165, 1.54) is 51.4 Å². The summed E-state index contributed by atoms with van der Waals surface area (Å²) in [5, 5.41) is 40.0. The van der Waals surface area contributed by atoms with Crippen LogP contribution in [0.3, 0.4) is 0 Å². The topological polar surface area (TPSA) is 152 Å². The molecule has 1 fully saturated rings. The van der Waals surface area contributed by atoms with Gasteiger partial charge >= 0.3 is 11.9 Å². The summed E-state index contributed by atoms with van der Waals surface area (Å²) in [6, 6.07) is 0. The van der Waals surface area contributed by atoms with E-state index >= 15 is 0 Å². The van der Waals surface area contributed by atoms with Crippen LogP contribution >= 0.6 is 0 Å². The third-order valence-corrected chi connectivity index (χ3v) is 9.45.